The summed E-state index contributed by atoms with van der Waals surface area (Å²) in [6.45, 7) is 1.77. The molecule has 1 aromatic carbocycles. The van der Waals surface area contributed by atoms with Crippen molar-refractivity contribution in [1.82, 2.24) is 10.6 Å². The van der Waals surface area contributed by atoms with Crippen LogP contribution in [0.1, 0.15) is 17.3 Å². The molecule has 0 radical (unpaired) electrons. The van der Waals surface area contributed by atoms with Crippen LogP contribution in [-0.4, -0.2) is 29.8 Å². The minimum Gasteiger partial charge on any atom is -0.355 e. The van der Waals surface area contributed by atoms with Gasteiger partial charge in [0.25, 0.3) is 11.6 Å². The zero-order valence-corrected chi connectivity index (χ0v) is 10.1. The lowest BCUT2D eigenvalue weighted by Crippen LogP contribution is -2.37. The van der Waals surface area contributed by atoms with Gasteiger partial charge in [0.05, 0.1) is 11.5 Å². The van der Waals surface area contributed by atoms with Crippen LogP contribution in [-0.2, 0) is 4.79 Å². The maximum Gasteiger partial charge on any atom is 0.282 e. The molecule has 0 heterocycles. The number of amides is 2. The molecule has 0 spiro atoms. The minimum absolute atomic E-state index is 0.333. The van der Waals surface area contributed by atoms with E-state index in [-0.39, 0.29) is 6.54 Å². The number of halogens is 1. The van der Waals surface area contributed by atoms with Crippen molar-refractivity contribution in [2.45, 2.75) is 6.92 Å². The quantitative estimate of drug-likeness (QED) is 0.603. The lowest BCUT2D eigenvalue weighted by molar-refractivity contribution is -0.385. The highest BCUT2D eigenvalue weighted by atomic mass is 19.1. The van der Waals surface area contributed by atoms with Gasteiger partial charge in [-0.1, -0.05) is 0 Å². The fourth-order valence-electron chi connectivity index (χ4n) is 1.36. The lowest BCUT2D eigenvalue weighted by atomic mass is 10.1. The highest BCUT2D eigenvalue weighted by Crippen LogP contribution is 2.19. The van der Waals surface area contributed by atoms with Crippen LogP contribution in [0.5, 0.6) is 0 Å². The summed E-state index contributed by atoms with van der Waals surface area (Å²) in [5.41, 5.74) is -0.941. The molecule has 0 unspecified atom stereocenters. The highest BCUT2D eigenvalue weighted by molar-refractivity contribution is 5.99. The third kappa shape index (κ3) is 4.02. The van der Waals surface area contributed by atoms with E-state index in [2.05, 4.69) is 10.6 Å². The summed E-state index contributed by atoms with van der Waals surface area (Å²) in [4.78, 5) is 32.7. The van der Waals surface area contributed by atoms with E-state index < -0.39 is 33.8 Å². The van der Waals surface area contributed by atoms with Crippen LogP contribution in [0.4, 0.5) is 10.1 Å². The van der Waals surface area contributed by atoms with Crippen molar-refractivity contribution in [2.24, 2.45) is 0 Å². The molecule has 0 aliphatic carbocycles. The van der Waals surface area contributed by atoms with Crippen molar-refractivity contribution in [3.63, 3.8) is 0 Å². The Morgan fingerprint density at radius 1 is 1.37 bits per heavy atom. The van der Waals surface area contributed by atoms with Gasteiger partial charge in [0.15, 0.2) is 0 Å². The number of nitrogens with one attached hydrogen (secondary N) is 2. The first-order valence-corrected chi connectivity index (χ1v) is 5.44. The van der Waals surface area contributed by atoms with Crippen molar-refractivity contribution < 1.29 is 18.9 Å². The summed E-state index contributed by atoms with van der Waals surface area (Å²) in [5.74, 6) is -2.08. The fourth-order valence-corrected chi connectivity index (χ4v) is 1.36. The van der Waals surface area contributed by atoms with E-state index in [9.17, 15) is 24.1 Å². The molecule has 1 aromatic rings. The average Bonchev–Trinajstić information content (AvgIpc) is 2.35. The van der Waals surface area contributed by atoms with Gasteiger partial charge in [0.1, 0.15) is 11.4 Å². The maximum atomic E-state index is 13.0. The van der Waals surface area contributed by atoms with Gasteiger partial charge in [-0.25, -0.2) is 4.39 Å². The van der Waals surface area contributed by atoms with Crippen LogP contribution in [0.3, 0.4) is 0 Å². The zero-order valence-electron chi connectivity index (χ0n) is 10.1. The largest absolute Gasteiger partial charge is 0.355 e. The van der Waals surface area contributed by atoms with Crippen molar-refractivity contribution in [3.8, 4) is 0 Å². The highest BCUT2D eigenvalue weighted by Gasteiger charge is 2.21. The molecule has 102 valence electrons. The van der Waals surface area contributed by atoms with E-state index in [1.807, 2.05) is 0 Å². The lowest BCUT2D eigenvalue weighted by Gasteiger charge is -2.06. The molecular formula is C11H12FN3O4. The third-order valence-electron chi connectivity index (χ3n) is 2.18. The molecule has 0 saturated carbocycles. The SMILES string of the molecule is CCNC(=O)CNC(=O)c1cc(F)ccc1[N+](=O)[O-]. The molecule has 19 heavy (non-hydrogen) atoms. The van der Waals surface area contributed by atoms with Gasteiger partial charge in [-0.05, 0) is 19.1 Å². The van der Waals surface area contributed by atoms with E-state index >= 15 is 0 Å². The van der Waals surface area contributed by atoms with E-state index in [4.69, 9.17) is 0 Å². The average molecular weight is 269 g/mol. The van der Waals surface area contributed by atoms with Crippen LogP contribution < -0.4 is 10.6 Å². The van der Waals surface area contributed by atoms with Crippen LogP contribution in [0.15, 0.2) is 18.2 Å². The second-order valence-corrected chi connectivity index (χ2v) is 3.55. The predicted octanol–water partition coefficient (Wildman–Crippen LogP) is 0.600. The van der Waals surface area contributed by atoms with Gasteiger partial charge in [-0.3, -0.25) is 19.7 Å². The van der Waals surface area contributed by atoms with Crippen molar-refractivity contribution in [2.75, 3.05) is 13.1 Å². The van der Waals surface area contributed by atoms with Crippen molar-refractivity contribution >= 4 is 17.5 Å². The van der Waals surface area contributed by atoms with Crippen LogP contribution in [0.25, 0.3) is 0 Å². The summed E-state index contributed by atoms with van der Waals surface area (Å²) < 4.78 is 13.0. The first-order valence-electron chi connectivity index (χ1n) is 5.44. The van der Waals surface area contributed by atoms with Gasteiger partial charge in [-0.15, -0.1) is 0 Å². The molecule has 2 N–H and O–H groups in total. The number of rotatable bonds is 5. The second kappa shape index (κ2) is 6.43. The van der Waals surface area contributed by atoms with E-state index in [1.165, 1.54) is 0 Å². The smallest absolute Gasteiger partial charge is 0.282 e. The Kier molecular flexibility index (Phi) is 4.92. The van der Waals surface area contributed by atoms with E-state index in [0.29, 0.717) is 6.54 Å². The molecule has 0 bridgehead atoms. The normalized spacial score (nSPS) is 9.79. The van der Waals surface area contributed by atoms with Gasteiger partial charge in [0, 0.05) is 12.6 Å². The first kappa shape index (κ1) is 14.6. The Morgan fingerprint density at radius 2 is 2.05 bits per heavy atom. The second-order valence-electron chi connectivity index (χ2n) is 3.55. The number of likely N-dealkylation sites (N-methyl/N-ethyl adjacent to an activating group) is 1. The van der Waals surface area contributed by atoms with Crippen LogP contribution in [0.2, 0.25) is 0 Å². The van der Waals surface area contributed by atoms with Crippen molar-refractivity contribution in [1.29, 1.82) is 0 Å². The zero-order chi connectivity index (χ0) is 14.4. The summed E-state index contributed by atoms with van der Waals surface area (Å²) in [5, 5.41) is 15.3. The van der Waals surface area contributed by atoms with Crippen LogP contribution >= 0.6 is 0 Å². The molecule has 0 saturated heterocycles. The Balaban J connectivity index is 2.84. The number of nitro benzene ring substituents is 1. The molecular weight excluding hydrogens is 257 g/mol. The van der Waals surface area contributed by atoms with E-state index in [1.54, 1.807) is 6.92 Å². The first-order chi connectivity index (χ1) is 8.95. The molecule has 0 aliphatic heterocycles. The Labute approximate surface area is 107 Å². The Bertz CT molecular complexity index is 519. The molecule has 2 amide bonds. The van der Waals surface area contributed by atoms with Crippen molar-refractivity contribution in [3.05, 3.63) is 39.7 Å². The number of hydrogen-bond donors (Lipinski definition) is 2. The van der Waals surface area contributed by atoms with Gasteiger partial charge < -0.3 is 10.6 Å². The summed E-state index contributed by atoms with van der Waals surface area (Å²) in [6.07, 6.45) is 0. The summed E-state index contributed by atoms with van der Waals surface area (Å²) in [7, 11) is 0. The topological polar surface area (TPSA) is 101 Å². The monoisotopic (exact) mass is 269 g/mol. The Morgan fingerprint density at radius 3 is 2.63 bits per heavy atom. The number of carbonyl (C=O) groups excluding carboxylic acids is 2. The summed E-state index contributed by atoms with van der Waals surface area (Å²) in [6, 6.07) is 2.54. The predicted molar refractivity (Wildman–Crippen MR) is 64.1 cm³/mol. The number of carbonyl (C=O) groups is 2. The van der Waals surface area contributed by atoms with Crippen LogP contribution in [0, 0.1) is 15.9 Å². The molecule has 0 aromatic heterocycles. The van der Waals surface area contributed by atoms with Gasteiger partial charge >= 0.3 is 0 Å². The van der Waals surface area contributed by atoms with Gasteiger partial charge in [0.2, 0.25) is 5.91 Å². The standard InChI is InChI=1S/C11H12FN3O4/c1-2-13-10(16)6-14-11(17)8-5-7(12)3-4-9(8)15(18)19/h3-5H,2,6H2,1H3,(H,13,16)(H,14,17). The fraction of sp³-hybridized carbons (Fsp3) is 0.273. The molecule has 0 atom stereocenters. The third-order valence-corrected chi connectivity index (χ3v) is 2.18. The van der Waals surface area contributed by atoms with E-state index in [0.717, 1.165) is 18.2 Å². The molecule has 7 nitrogen and oxygen atoms in total. The molecule has 8 heteroatoms. The van der Waals surface area contributed by atoms with Gasteiger partial charge in [-0.2, -0.15) is 0 Å². The maximum absolute atomic E-state index is 13.0. The number of nitrogens with zero attached hydrogens (tertiary/aromatic N) is 1. The number of benzene rings is 1. The molecule has 1 rings (SSSR count). The Hall–Kier alpha value is -2.51. The minimum atomic E-state index is -0.877. The molecule has 0 aliphatic rings. The number of nitro groups is 1. The number of hydrogen-bond acceptors (Lipinski definition) is 4. The summed E-state index contributed by atoms with van der Waals surface area (Å²) >= 11 is 0. The molecule has 0 fully saturated rings.